The number of hydrogen-bond acceptors (Lipinski definition) is 5. The molecule has 1 aliphatic heterocycles. The SMILES string of the molecule is C=C1/N=C(\Nc2ccc(NC3CCC3)cc2C)CC(CCC)CCC/C(NC)=C(/CC)c2cc1cc(C)n2. The van der Waals surface area contributed by atoms with Crippen LogP contribution in [0.15, 0.2) is 47.6 Å². The van der Waals surface area contributed by atoms with E-state index in [4.69, 9.17) is 9.98 Å². The van der Waals surface area contributed by atoms with Crippen molar-refractivity contribution in [2.75, 3.05) is 17.7 Å². The van der Waals surface area contributed by atoms with E-state index in [9.17, 15) is 0 Å². The maximum atomic E-state index is 5.14. The second-order valence-electron chi connectivity index (χ2n) is 11.1. The highest BCUT2D eigenvalue weighted by molar-refractivity contribution is 5.99. The first-order chi connectivity index (χ1) is 18.4. The van der Waals surface area contributed by atoms with Crippen molar-refractivity contribution < 1.29 is 0 Å². The van der Waals surface area contributed by atoms with Crippen molar-refractivity contribution in [3.05, 3.63) is 65.1 Å². The summed E-state index contributed by atoms with van der Waals surface area (Å²) in [4.78, 5) is 10.1. The lowest BCUT2D eigenvalue weighted by molar-refractivity contribution is 0.443. The molecule has 0 radical (unpaired) electrons. The third kappa shape index (κ3) is 7.06. The zero-order valence-electron chi connectivity index (χ0n) is 24.2. The van der Waals surface area contributed by atoms with Crippen LogP contribution in [0.5, 0.6) is 0 Å². The zero-order chi connectivity index (χ0) is 27.1. The second-order valence-corrected chi connectivity index (χ2v) is 11.1. The number of benzene rings is 1. The maximum absolute atomic E-state index is 5.14. The Balaban J connectivity index is 1.68. The molecular weight excluding hydrogens is 466 g/mol. The molecule has 38 heavy (non-hydrogen) atoms. The Labute approximate surface area is 230 Å². The average molecular weight is 514 g/mol. The van der Waals surface area contributed by atoms with Crippen molar-refractivity contribution in [1.29, 1.82) is 0 Å². The van der Waals surface area contributed by atoms with Gasteiger partial charge >= 0.3 is 0 Å². The van der Waals surface area contributed by atoms with Gasteiger partial charge in [0.25, 0.3) is 0 Å². The van der Waals surface area contributed by atoms with Crippen molar-refractivity contribution in [2.45, 2.75) is 97.9 Å². The van der Waals surface area contributed by atoms with E-state index in [0.717, 1.165) is 59.9 Å². The molecular formula is C33H47N5. The zero-order valence-corrected chi connectivity index (χ0v) is 24.2. The van der Waals surface area contributed by atoms with Crippen LogP contribution in [-0.4, -0.2) is 23.9 Å². The first-order valence-corrected chi connectivity index (χ1v) is 14.7. The molecule has 204 valence electrons. The van der Waals surface area contributed by atoms with E-state index in [1.165, 1.54) is 61.0 Å². The lowest BCUT2D eigenvalue weighted by Gasteiger charge is -2.28. The highest BCUT2D eigenvalue weighted by Crippen LogP contribution is 2.31. The summed E-state index contributed by atoms with van der Waals surface area (Å²) in [6, 6.07) is 11.6. The van der Waals surface area contributed by atoms with Gasteiger partial charge in [0.2, 0.25) is 0 Å². The van der Waals surface area contributed by atoms with Gasteiger partial charge in [-0.1, -0.05) is 33.3 Å². The number of nitrogens with zero attached hydrogens (tertiary/aromatic N) is 2. The van der Waals surface area contributed by atoms with Gasteiger partial charge < -0.3 is 16.0 Å². The summed E-state index contributed by atoms with van der Waals surface area (Å²) in [7, 11) is 2.04. The molecule has 2 heterocycles. The van der Waals surface area contributed by atoms with Crippen LogP contribution in [0.2, 0.25) is 0 Å². The van der Waals surface area contributed by atoms with Crippen molar-refractivity contribution in [3.8, 4) is 0 Å². The Morgan fingerprint density at radius 1 is 1.03 bits per heavy atom. The molecule has 4 rings (SSSR count). The number of nitrogens with one attached hydrogen (secondary N) is 3. The van der Waals surface area contributed by atoms with Gasteiger partial charge in [0.1, 0.15) is 5.84 Å². The summed E-state index contributed by atoms with van der Waals surface area (Å²) in [5.41, 5.74) is 10.0. The minimum atomic E-state index is 0.575. The average Bonchev–Trinajstić information content (AvgIpc) is 2.86. The minimum absolute atomic E-state index is 0.575. The van der Waals surface area contributed by atoms with Crippen molar-refractivity contribution >= 4 is 28.5 Å². The predicted octanol–water partition coefficient (Wildman–Crippen LogP) is 8.47. The standard InChI is InChI=1S/C33H47N5/c1-7-11-25-12-9-15-31(34-6)29(8-2)32-21-26(19-23(4)35-32)24(5)36-33(20-25)38-30-17-16-28(18-22(30)3)37-27-13-10-14-27/h16-19,21,25,27,34,37H,5,7-15,20H2,1-4,6H3,(H,36,38)/b31-29+. The molecule has 1 aromatic carbocycles. The summed E-state index contributed by atoms with van der Waals surface area (Å²) in [6.45, 7) is 13.2. The molecule has 1 aliphatic carbocycles. The van der Waals surface area contributed by atoms with Crippen LogP contribution in [-0.2, 0) is 0 Å². The van der Waals surface area contributed by atoms with Crippen molar-refractivity contribution in [3.63, 3.8) is 0 Å². The molecule has 5 nitrogen and oxygen atoms in total. The largest absolute Gasteiger partial charge is 0.391 e. The highest BCUT2D eigenvalue weighted by Gasteiger charge is 2.19. The van der Waals surface area contributed by atoms with E-state index < -0.39 is 0 Å². The lowest BCUT2D eigenvalue weighted by atomic mass is 9.92. The smallest absolute Gasteiger partial charge is 0.107 e. The summed E-state index contributed by atoms with van der Waals surface area (Å²) < 4.78 is 0. The fourth-order valence-corrected chi connectivity index (χ4v) is 5.75. The van der Waals surface area contributed by atoms with Crippen LogP contribution in [0.3, 0.4) is 0 Å². The second kappa shape index (κ2) is 13.1. The molecule has 1 saturated carbocycles. The molecule has 0 amide bonds. The Hall–Kier alpha value is -3.08. The molecule has 0 spiro atoms. The van der Waals surface area contributed by atoms with E-state index in [1.807, 2.05) is 7.05 Å². The van der Waals surface area contributed by atoms with Gasteiger partial charge in [-0.25, -0.2) is 4.99 Å². The summed E-state index contributed by atoms with van der Waals surface area (Å²) in [6.07, 6.45) is 11.5. The molecule has 2 aromatic rings. The molecule has 3 N–H and O–H groups in total. The first kappa shape index (κ1) is 27.9. The molecule has 1 unspecified atom stereocenters. The molecule has 2 bridgehead atoms. The molecule has 1 aromatic heterocycles. The number of aliphatic imine (C=N–C) groups is 1. The topological polar surface area (TPSA) is 61.3 Å². The lowest BCUT2D eigenvalue weighted by Crippen LogP contribution is -2.27. The van der Waals surface area contributed by atoms with Gasteiger partial charge in [-0.05, 0) is 106 Å². The van der Waals surface area contributed by atoms with Crippen molar-refractivity contribution in [1.82, 2.24) is 10.3 Å². The van der Waals surface area contributed by atoms with E-state index in [2.05, 4.69) is 80.6 Å². The molecule has 1 fully saturated rings. The number of aromatic nitrogens is 1. The minimum Gasteiger partial charge on any atom is -0.391 e. The quantitative estimate of drug-likeness (QED) is 0.347. The number of allylic oxidation sites excluding steroid dienone is 2. The van der Waals surface area contributed by atoms with Gasteiger partial charge in [-0.2, -0.15) is 0 Å². The van der Waals surface area contributed by atoms with Gasteiger partial charge in [0.15, 0.2) is 0 Å². The molecule has 2 aliphatic rings. The van der Waals surface area contributed by atoms with Gasteiger partial charge in [0.05, 0.1) is 11.4 Å². The predicted molar refractivity (Wildman–Crippen MR) is 165 cm³/mol. The number of amidine groups is 1. The fraction of sp³-hybridized carbons (Fsp3) is 0.515. The van der Waals surface area contributed by atoms with E-state index >= 15 is 0 Å². The number of hydrogen-bond donors (Lipinski definition) is 3. The van der Waals surface area contributed by atoms with E-state index in [-0.39, 0.29) is 0 Å². The molecule has 5 heteroatoms. The Kier molecular flexibility index (Phi) is 9.65. The third-order valence-electron chi connectivity index (χ3n) is 8.08. The number of anilines is 2. The summed E-state index contributed by atoms with van der Waals surface area (Å²) in [5, 5.41) is 10.9. The Morgan fingerprint density at radius 2 is 1.84 bits per heavy atom. The van der Waals surface area contributed by atoms with Crippen LogP contribution in [0.25, 0.3) is 11.3 Å². The van der Waals surface area contributed by atoms with E-state index in [1.54, 1.807) is 0 Å². The monoisotopic (exact) mass is 513 g/mol. The number of fused-ring (bicyclic) bond motifs is 2. The normalized spacial score (nSPS) is 22.3. The number of rotatable bonds is 7. The van der Waals surface area contributed by atoms with Gasteiger partial charge in [-0.3, -0.25) is 4.98 Å². The fourth-order valence-electron chi connectivity index (χ4n) is 5.75. The first-order valence-electron chi connectivity index (χ1n) is 14.7. The summed E-state index contributed by atoms with van der Waals surface area (Å²) >= 11 is 0. The number of aryl methyl sites for hydroxylation is 2. The molecule has 1 atom stereocenters. The summed E-state index contributed by atoms with van der Waals surface area (Å²) in [5.74, 6) is 1.58. The van der Waals surface area contributed by atoms with Crippen LogP contribution in [0.1, 0.15) is 101 Å². The van der Waals surface area contributed by atoms with Gasteiger partial charge in [0, 0.05) is 47.8 Å². The maximum Gasteiger partial charge on any atom is 0.107 e. The van der Waals surface area contributed by atoms with Crippen LogP contribution >= 0.6 is 0 Å². The van der Waals surface area contributed by atoms with Crippen LogP contribution in [0, 0.1) is 19.8 Å². The number of pyridine rings is 1. The highest BCUT2D eigenvalue weighted by atomic mass is 15.0. The molecule has 0 saturated heterocycles. The Morgan fingerprint density at radius 3 is 2.50 bits per heavy atom. The van der Waals surface area contributed by atoms with Gasteiger partial charge in [-0.15, -0.1) is 0 Å². The Bertz CT molecular complexity index is 1190. The van der Waals surface area contributed by atoms with E-state index in [0.29, 0.717) is 12.0 Å². The third-order valence-corrected chi connectivity index (χ3v) is 8.08. The van der Waals surface area contributed by atoms with Crippen molar-refractivity contribution in [2.24, 2.45) is 10.9 Å². The van der Waals surface area contributed by atoms with Crippen LogP contribution < -0.4 is 16.0 Å². The van der Waals surface area contributed by atoms with Crippen LogP contribution in [0.4, 0.5) is 11.4 Å².